The molecule has 138 valence electrons. The molecule has 0 radical (unpaired) electrons. The van der Waals surface area contributed by atoms with Crippen molar-refractivity contribution in [2.75, 3.05) is 5.32 Å². The van der Waals surface area contributed by atoms with Crippen molar-refractivity contribution < 1.29 is 22.5 Å². The van der Waals surface area contributed by atoms with Crippen LogP contribution in [0.2, 0.25) is 5.02 Å². The van der Waals surface area contributed by atoms with Gasteiger partial charge in [0.2, 0.25) is 5.91 Å². The van der Waals surface area contributed by atoms with Gasteiger partial charge in [0.1, 0.15) is 5.76 Å². The summed E-state index contributed by atoms with van der Waals surface area (Å²) in [5.41, 5.74) is -0.867. The van der Waals surface area contributed by atoms with Crippen LogP contribution in [-0.2, 0) is 11.0 Å². The second-order valence-corrected chi connectivity index (χ2v) is 7.04. The van der Waals surface area contributed by atoms with Crippen LogP contribution in [0.15, 0.2) is 28.0 Å². The maximum absolute atomic E-state index is 13.0. The number of carbonyl (C=O) groups excluding carboxylic acids is 1. The number of fused-ring (bicyclic) bond motifs is 1. The Morgan fingerprint density at radius 1 is 1.38 bits per heavy atom. The number of aromatic nitrogens is 4. The summed E-state index contributed by atoms with van der Waals surface area (Å²) in [4.78, 5) is 12.2. The predicted octanol–water partition coefficient (Wildman–Crippen LogP) is 3.82. The highest BCUT2D eigenvalue weighted by Gasteiger charge is 2.32. The Balaban J connectivity index is 1.83. The zero-order chi connectivity index (χ0) is 19.1. The fourth-order valence-electron chi connectivity index (χ4n) is 2.03. The molecular formula is C14H11ClF3N5O2S. The van der Waals surface area contributed by atoms with Gasteiger partial charge in [0.05, 0.1) is 15.8 Å². The standard InChI is InChI=1S/C14H11ClF3N5O2S/c1-6-3-10(22-25-6)19-12(24)7(2)26-13-21-20-11-9(15)4-8(5-23(11)13)14(16,17)18/h3-5,7H,1-2H3,(H,19,22,24)/t7-/m0/s1. The molecule has 26 heavy (non-hydrogen) atoms. The van der Waals surface area contributed by atoms with Gasteiger partial charge in [-0.25, -0.2) is 0 Å². The van der Waals surface area contributed by atoms with Crippen molar-refractivity contribution in [3.8, 4) is 0 Å². The molecule has 0 aliphatic carbocycles. The molecule has 7 nitrogen and oxygen atoms in total. The van der Waals surface area contributed by atoms with Gasteiger partial charge < -0.3 is 9.84 Å². The van der Waals surface area contributed by atoms with Crippen molar-refractivity contribution in [1.82, 2.24) is 19.8 Å². The average molecular weight is 406 g/mol. The summed E-state index contributed by atoms with van der Waals surface area (Å²) in [6.45, 7) is 3.24. The maximum Gasteiger partial charge on any atom is 0.417 e. The summed E-state index contributed by atoms with van der Waals surface area (Å²) in [5, 5.41) is 13.0. The van der Waals surface area contributed by atoms with E-state index in [-0.39, 0.29) is 21.6 Å². The molecule has 0 spiro atoms. The first-order valence-corrected chi connectivity index (χ1v) is 8.43. The first-order valence-electron chi connectivity index (χ1n) is 7.17. The molecule has 0 fully saturated rings. The predicted molar refractivity (Wildman–Crippen MR) is 88.2 cm³/mol. The van der Waals surface area contributed by atoms with E-state index in [1.807, 2.05) is 0 Å². The molecular weight excluding hydrogens is 395 g/mol. The molecule has 0 saturated heterocycles. The Kier molecular flexibility index (Phi) is 4.84. The van der Waals surface area contributed by atoms with Crippen molar-refractivity contribution in [3.05, 3.63) is 34.7 Å². The van der Waals surface area contributed by atoms with Crippen LogP contribution in [0.3, 0.4) is 0 Å². The molecule has 3 aromatic rings. The topological polar surface area (TPSA) is 85.3 Å². The van der Waals surface area contributed by atoms with Crippen molar-refractivity contribution in [2.24, 2.45) is 0 Å². The normalized spacial score (nSPS) is 13.2. The lowest BCUT2D eigenvalue weighted by atomic mass is 10.3. The Hall–Kier alpha value is -2.27. The molecule has 0 aliphatic rings. The van der Waals surface area contributed by atoms with Crippen LogP contribution in [-0.4, -0.2) is 30.9 Å². The van der Waals surface area contributed by atoms with Crippen LogP contribution in [0.25, 0.3) is 5.65 Å². The summed E-state index contributed by atoms with van der Waals surface area (Å²) in [6, 6.07) is 2.32. The minimum Gasteiger partial charge on any atom is -0.360 e. The van der Waals surface area contributed by atoms with Crippen molar-refractivity contribution in [1.29, 1.82) is 0 Å². The first-order chi connectivity index (χ1) is 12.1. The number of nitrogens with one attached hydrogen (secondary N) is 1. The molecule has 1 amide bonds. The van der Waals surface area contributed by atoms with Crippen LogP contribution < -0.4 is 5.32 Å². The first kappa shape index (κ1) is 18.5. The molecule has 1 atom stereocenters. The lowest BCUT2D eigenvalue weighted by Gasteiger charge is -2.11. The van der Waals surface area contributed by atoms with Gasteiger partial charge in [-0.1, -0.05) is 28.5 Å². The minimum atomic E-state index is -4.57. The molecule has 3 aromatic heterocycles. The number of hydrogen-bond donors (Lipinski definition) is 1. The fraction of sp³-hybridized carbons (Fsp3) is 0.286. The number of aryl methyl sites for hydroxylation is 1. The van der Waals surface area contributed by atoms with Crippen LogP contribution in [0.4, 0.5) is 19.0 Å². The lowest BCUT2D eigenvalue weighted by Crippen LogP contribution is -2.22. The van der Waals surface area contributed by atoms with Gasteiger partial charge >= 0.3 is 6.18 Å². The Morgan fingerprint density at radius 2 is 2.12 bits per heavy atom. The van der Waals surface area contributed by atoms with Gasteiger partial charge in [0.25, 0.3) is 0 Å². The number of amides is 1. The monoisotopic (exact) mass is 405 g/mol. The number of anilines is 1. The fourth-order valence-corrected chi connectivity index (χ4v) is 3.10. The Bertz CT molecular complexity index is 971. The third kappa shape index (κ3) is 3.78. The zero-order valence-corrected chi connectivity index (χ0v) is 14.9. The summed E-state index contributed by atoms with van der Waals surface area (Å²) in [5.74, 6) is 0.352. The van der Waals surface area contributed by atoms with E-state index in [4.69, 9.17) is 16.1 Å². The molecule has 3 rings (SSSR count). The van der Waals surface area contributed by atoms with E-state index in [9.17, 15) is 18.0 Å². The molecule has 0 bridgehead atoms. The summed E-state index contributed by atoms with van der Waals surface area (Å²) < 4.78 is 44.9. The van der Waals surface area contributed by atoms with Crippen LogP contribution in [0.1, 0.15) is 18.2 Å². The third-order valence-corrected chi connectivity index (χ3v) is 4.62. The van der Waals surface area contributed by atoms with Gasteiger partial charge in [0.15, 0.2) is 16.6 Å². The highest BCUT2D eigenvalue weighted by molar-refractivity contribution is 8.00. The molecule has 12 heteroatoms. The zero-order valence-electron chi connectivity index (χ0n) is 13.3. The number of thioether (sulfide) groups is 1. The van der Waals surface area contributed by atoms with Crippen LogP contribution >= 0.6 is 23.4 Å². The van der Waals surface area contributed by atoms with E-state index in [1.54, 1.807) is 13.8 Å². The number of rotatable bonds is 4. The van der Waals surface area contributed by atoms with Crippen molar-refractivity contribution >= 4 is 40.7 Å². The maximum atomic E-state index is 13.0. The largest absolute Gasteiger partial charge is 0.417 e. The third-order valence-electron chi connectivity index (χ3n) is 3.29. The van der Waals surface area contributed by atoms with E-state index in [0.717, 1.165) is 28.4 Å². The van der Waals surface area contributed by atoms with Crippen molar-refractivity contribution in [3.63, 3.8) is 0 Å². The van der Waals surface area contributed by atoms with Gasteiger partial charge in [0, 0.05) is 12.3 Å². The van der Waals surface area contributed by atoms with Gasteiger partial charge in [-0.3, -0.25) is 9.20 Å². The molecule has 1 N–H and O–H groups in total. The number of halogens is 4. The van der Waals surface area contributed by atoms with Crippen LogP contribution in [0, 0.1) is 6.92 Å². The minimum absolute atomic E-state index is 0.0712. The average Bonchev–Trinajstić information content (AvgIpc) is 3.13. The lowest BCUT2D eigenvalue weighted by molar-refractivity contribution is -0.137. The summed E-state index contributed by atoms with van der Waals surface area (Å²) >= 11 is 6.79. The number of alkyl halides is 3. The van der Waals surface area contributed by atoms with E-state index in [0.29, 0.717) is 5.76 Å². The number of pyridine rings is 1. The molecule has 0 aliphatic heterocycles. The molecule has 3 heterocycles. The molecule has 0 unspecified atom stereocenters. The second kappa shape index (κ2) is 6.80. The summed E-state index contributed by atoms with van der Waals surface area (Å²) in [7, 11) is 0. The SMILES string of the molecule is Cc1cc(NC(=O)[C@H](C)Sc2nnc3c(Cl)cc(C(F)(F)F)cn23)no1. The second-order valence-electron chi connectivity index (χ2n) is 5.32. The van der Waals surface area contributed by atoms with Crippen LogP contribution in [0.5, 0.6) is 0 Å². The van der Waals surface area contributed by atoms with Gasteiger partial charge in [-0.15, -0.1) is 10.2 Å². The molecule has 0 aromatic carbocycles. The smallest absolute Gasteiger partial charge is 0.360 e. The Morgan fingerprint density at radius 3 is 2.73 bits per heavy atom. The van der Waals surface area contributed by atoms with Gasteiger partial charge in [-0.2, -0.15) is 13.2 Å². The summed E-state index contributed by atoms with van der Waals surface area (Å²) in [6.07, 6.45) is -3.73. The number of nitrogens with zero attached hydrogens (tertiary/aromatic N) is 4. The highest BCUT2D eigenvalue weighted by atomic mass is 35.5. The number of hydrogen-bond acceptors (Lipinski definition) is 6. The van der Waals surface area contributed by atoms with E-state index >= 15 is 0 Å². The van der Waals surface area contributed by atoms with E-state index in [2.05, 4.69) is 20.7 Å². The van der Waals surface area contributed by atoms with Gasteiger partial charge in [-0.05, 0) is 19.9 Å². The van der Waals surface area contributed by atoms with E-state index in [1.165, 1.54) is 6.07 Å². The molecule has 0 saturated carbocycles. The highest BCUT2D eigenvalue weighted by Crippen LogP contribution is 2.33. The Labute approximate surface area is 153 Å². The van der Waals surface area contributed by atoms with Crippen molar-refractivity contribution in [2.45, 2.75) is 30.4 Å². The van der Waals surface area contributed by atoms with E-state index < -0.39 is 22.9 Å². The quantitative estimate of drug-likeness (QED) is 0.664. The number of carbonyl (C=O) groups is 1.